The Morgan fingerprint density at radius 3 is 2.21 bits per heavy atom. The van der Waals surface area contributed by atoms with Gasteiger partial charge in [0.2, 0.25) is 0 Å². The first-order valence-electron chi connectivity index (χ1n) is 6.46. The van der Waals surface area contributed by atoms with Gasteiger partial charge in [-0.25, -0.2) is 0 Å². The average Bonchev–Trinajstić information content (AvgIpc) is 2.42. The molecule has 19 heavy (non-hydrogen) atoms. The second-order valence-electron chi connectivity index (χ2n) is 4.63. The maximum Gasteiger partial charge on any atom is -0.0230 e. The van der Waals surface area contributed by atoms with Gasteiger partial charge >= 0.3 is 0 Å². The Morgan fingerprint density at radius 2 is 1.68 bits per heavy atom. The van der Waals surface area contributed by atoms with E-state index >= 15 is 0 Å². The molecule has 1 aromatic carbocycles. The molecule has 0 saturated heterocycles. The van der Waals surface area contributed by atoms with Crippen LogP contribution in [0.2, 0.25) is 0 Å². The number of rotatable bonds is 7. The summed E-state index contributed by atoms with van der Waals surface area (Å²) in [7, 11) is 0. The van der Waals surface area contributed by atoms with E-state index in [0.29, 0.717) is 0 Å². The predicted octanol–water partition coefficient (Wildman–Crippen LogP) is 5.64. The van der Waals surface area contributed by atoms with Crippen molar-refractivity contribution < 1.29 is 0 Å². The van der Waals surface area contributed by atoms with Gasteiger partial charge in [-0.2, -0.15) is 0 Å². The Balaban J connectivity index is 2.62. The first kappa shape index (κ1) is 15.0. The fourth-order valence-electron chi connectivity index (χ4n) is 1.84. The molecule has 0 bridgehead atoms. The van der Waals surface area contributed by atoms with Crippen molar-refractivity contribution in [2.45, 2.75) is 19.8 Å². The second-order valence-corrected chi connectivity index (χ2v) is 4.63. The van der Waals surface area contributed by atoms with Gasteiger partial charge in [0.25, 0.3) is 0 Å². The van der Waals surface area contributed by atoms with Crippen LogP contribution in [0.5, 0.6) is 0 Å². The standard InChI is InChI=1S/C19H22/c1-6-8-18(7-2)16(4)11-12-17(5)19-13-9-15(3)10-14-19/h6-10,13-14H,1-2,4-5,11-12H2,3H3. The zero-order chi connectivity index (χ0) is 14.3. The first-order valence-corrected chi connectivity index (χ1v) is 6.46. The first-order chi connectivity index (χ1) is 9.08. The number of benzene rings is 1. The lowest BCUT2D eigenvalue weighted by Crippen LogP contribution is -1.89. The number of allylic oxidation sites excluding steroid dienone is 6. The average molecular weight is 250 g/mol. The fourth-order valence-corrected chi connectivity index (χ4v) is 1.84. The van der Waals surface area contributed by atoms with E-state index in [1.807, 2.05) is 12.2 Å². The molecular formula is C19H22. The molecule has 0 heterocycles. The molecule has 0 aliphatic carbocycles. The normalized spacial score (nSPS) is 10.9. The molecule has 1 rings (SSSR count). The SMILES string of the molecule is C=CC=C(C=C)C(=C)CCC(=C)c1ccc(C)cc1. The summed E-state index contributed by atoms with van der Waals surface area (Å²) >= 11 is 0. The van der Waals surface area contributed by atoms with Crippen LogP contribution in [0.15, 0.2) is 80.0 Å². The molecule has 0 aromatic heterocycles. The zero-order valence-corrected chi connectivity index (χ0v) is 11.8. The minimum absolute atomic E-state index is 0.887. The zero-order valence-electron chi connectivity index (χ0n) is 11.8. The maximum atomic E-state index is 4.15. The largest absolute Gasteiger partial charge is 0.0990 e. The van der Waals surface area contributed by atoms with E-state index in [1.165, 1.54) is 11.1 Å². The van der Waals surface area contributed by atoms with Crippen LogP contribution in [0.3, 0.4) is 0 Å². The summed E-state index contributed by atoms with van der Waals surface area (Å²) in [5.74, 6) is 0. The van der Waals surface area contributed by atoms with Gasteiger partial charge in [-0.3, -0.25) is 0 Å². The van der Waals surface area contributed by atoms with E-state index in [4.69, 9.17) is 0 Å². The number of aryl methyl sites for hydroxylation is 1. The van der Waals surface area contributed by atoms with Crippen molar-refractivity contribution in [1.29, 1.82) is 0 Å². The monoisotopic (exact) mass is 250 g/mol. The highest BCUT2D eigenvalue weighted by atomic mass is 14.1. The van der Waals surface area contributed by atoms with Gasteiger partial charge < -0.3 is 0 Å². The van der Waals surface area contributed by atoms with Gasteiger partial charge in [-0.15, -0.1) is 0 Å². The third-order valence-corrected chi connectivity index (χ3v) is 3.11. The van der Waals surface area contributed by atoms with E-state index < -0.39 is 0 Å². The van der Waals surface area contributed by atoms with Crippen LogP contribution < -0.4 is 0 Å². The Morgan fingerprint density at radius 1 is 1.05 bits per heavy atom. The highest BCUT2D eigenvalue weighted by Gasteiger charge is 2.02. The third-order valence-electron chi connectivity index (χ3n) is 3.11. The quantitative estimate of drug-likeness (QED) is 0.549. The fraction of sp³-hybridized carbons (Fsp3) is 0.158. The van der Waals surface area contributed by atoms with Gasteiger partial charge in [0.1, 0.15) is 0 Å². The molecule has 0 amide bonds. The number of hydrogen-bond donors (Lipinski definition) is 0. The van der Waals surface area contributed by atoms with Crippen LogP contribution >= 0.6 is 0 Å². The van der Waals surface area contributed by atoms with Crippen LogP contribution in [-0.2, 0) is 0 Å². The highest BCUT2D eigenvalue weighted by Crippen LogP contribution is 2.23. The minimum atomic E-state index is 0.887. The van der Waals surface area contributed by atoms with Crippen molar-refractivity contribution >= 4 is 5.57 Å². The van der Waals surface area contributed by atoms with Crippen LogP contribution in [0.1, 0.15) is 24.0 Å². The van der Waals surface area contributed by atoms with Crippen LogP contribution in [0.25, 0.3) is 5.57 Å². The summed E-state index contributed by atoms with van der Waals surface area (Å²) in [5.41, 5.74) is 5.73. The lowest BCUT2D eigenvalue weighted by atomic mass is 9.96. The lowest BCUT2D eigenvalue weighted by Gasteiger charge is -2.09. The molecular weight excluding hydrogens is 228 g/mol. The summed E-state index contributed by atoms with van der Waals surface area (Å²) < 4.78 is 0. The highest BCUT2D eigenvalue weighted by molar-refractivity contribution is 5.64. The molecule has 0 aliphatic rings. The third kappa shape index (κ3) is 4.59. The Hall–Kier alpha value is -2.08. The number of hydrogen-bond acceptors (Lipinski definition) is 0. The minimum Gasteiger partial charge on any atom is -0.0990 e. The van der Waals surface area contributed by atoms with E-state index in [-0.39, 0.29) is 0 Å². The lowest BCUT2D eigenvalue weighted by molar-refractivity contribution is 1.02. The van der Waals surface area contributed by atoms with E-state index in [2.05, 4.69) is 57.5 Å². The molecule has 0 saturated carbocycles. The Kier molecular flexibility index (Phi) is 5.81. The van der Waals surface area contributed by atoms with Gasteiger partial charge in [0, 0.05) is 0 Å². The van der Waals surface area contributed by atoms with Gasteiger partial charge in [0.15, 0.2) is 0 Å². The molecule has 0 fully saturated rings. The second kappa shape index (κ2) is 7.38. The molecule has 1 aromatic rings. The maximum absolute atomic E-state index is 4.15. The van der Waals surface area contributed by atoms with Crippen molar-refractivity contribution in [3.63, 3.8) is 0 Å². The van der Waals surface area contributed by atoms with Crippen molar-refractivity contribution in [2.75, 3.05) is 0 Å². The van der Waals surface area contributed by atoms with E-state index in [1.54, 1.807) is 6.08 Å². The topological polar surface area (TPSA) is 0 Å². The van der Waals surface area contributed by atoms with E-state index in [0.717, 1.165) is 29.6 Å². The molecule has 0 unspecified atom stereocenters. The van der Waals surface area contributed by atoms with Crippen molar-refractivity contribution in [2.24, 2.45) is 0 Å². The Bertz CT molecular complexity index is 509. The van der Waals surface area contributed by atoms with E-state index in [9.17, 15) is 0 Å². The summed E-state index contributed by atoms with van der Waals surface area (Å²) in [6, 6.07) is 8.47. The van der Waals surface area contributed by atoms with Crippen molar-refractivity contribution in [1.82, 2.24) is 0 Å². The molecule has 0 heteroatoms. The van der Waals surface area contributed by atoms with Gasteiger partial charge in [-0.05, 0) is 42.0 Å². The predicted molar refractivity (Wildman–Crippen MR) is 87.1 cm³/mol. The van der Waals surface area contributed by atoms with Crippen LogP contribution in [0, 0.1) is 6.92 Å². The smallest absolute Gasteiger partial charge is 0.0230 e. The summed E-state index contributed by atoms with van der Waals surface area (Å²) in [5, 5.41) is 0. The molecule has 0 aliphatic heterocycles. The molecule has 0 nitrogen and oxygen atoms in total. The molecule has 0 atom stereocenters. The van der Waals surface area contributed by atoms with Crippen LogP contribution in [0.4, 0.5) is 0 Å². The van der Waals surface area contributed by atoms with Crippen LogP contribution in [-0.4, -0.2) is 0 Å². The summed E-state index contributed by atoms with van der Waals surface area (Å²) in [6.45, 7) is 17.8. The summed E-state index contributed by atoms with van der Waals surface area (Å²) in [6.07, 6.45) is 7.31. The van der Waals surface area contributed by atoms with Gasteiger partial charge in [0.05, 0.1) is 0 Å². The molecule has 0 N–H and O–H groups in total. The van der Waals surface area contributed by atoms with Crippen molar-refractivity contribution in [3.05, 3.63) is 91.1 Å². The van der Waals surface area contributed by atoms with Gasteiger partial charge in [-0.1, -0.05) is 74.4 Å². The molecule has 0 radical (unpaired) electrons. The molecule has 0 spiro atoms. The summed E-state index contributed by atoms with van der Waals surface area (Å²) in [4.78, 5) is 0. The van der Waals surface area contributed by atoms with Crippen molar-refractivity contribution in [3.8, 4) is 0 Å². The molecule has 98 valence electrons. The Labute approximate surface area is 117 Å².